The van der Waals surface area contributed by atoms with Gasteiger partial charge >= 0.3 is 0 Å². The maximum absolute atomic E-state index is 12.6. The van der Waals surface area contributed by atoms with Crippen LogP contribution in [0, 0.1) is 20.2 Å². The summed E-state index contributed by atoms with van der Waals surface area (Å²) >= 11 is 3.29. The smallest absolute Gasteiger partial charge is 0.285 e. The Labute approximate surface area is 194 Å². The molecule has 0 radical (unpaired) electrons. The lowest BCUT2D eigenvalue weighted by molar-refractivity contribution is -0.394. The molecule has 0 aliphatic heterocycles. The number of nitro benzene ring substituents is 2. The van der Waals surface area contributed by atoms with Crippen LogP contribution >= 0.6 is 15.9 Å². The van der Waals surface area contributed by atoms with Gasteiger partial charge in [-0.15, -0.1) is 0 Å². The van der Waals surface area contributed by atoms with Crippen molar-refractivity contribution in [3.8, 4) is 0 Å². The Morgan fingerprint density at radius 2 is 1.61 bits per heavy atom. The molecule has 166 valence electrons. The average Bonchev–Trinajstić information content (AvgIpc) is 2.79. The summed E-state index contributed by atoms with van der Waals surface area (Å²) in [5, 5.41) is 28.4. The summed E-state index contributed by atoms with van der Waals surface area (Å²) in [6.07, 6.45) is 1.00. The highest BCUT2D eigenvalue weighted by Gasteiger charge is 2.18. The van der Waals surface area contributed by atoms with E-state index in [2.05, 4.69) is 31.8 Å². The molecular formula is C21H14BrN5O6. The molecule has 0 saturated heterocycles. The first-order valence-corrected chi connectivity index (χ1v) is 9.97. The summed E-state index contributed by atoms with van der Waals surface area (Å²) in [5.41, 5.74) is 1.94. The van der Waals surface area contributed by atoms with Crippen LogP contribution in [-0.2, 0) is 0 Å². The number of hydrogen-bond donors (Lipinski definition) is 2. The Kier molecular flexibility index (Phi) is 7.20. The lowest BCUT2D eigenvalue weighted by atomic mass is 10.1. The number of anilines is 1. The summed E-state index contributed by atoms with van der Waals surface area (Å²) in [5.74, 6) is -1.10. The molecule has 0 aliphatic carbocycles. The van der Waals surface area contributed by atoms with E-state index < -0.39 is 33.0 Å². The summed E-state index contributed by atoms with van der Waals surface area (Å²) in [7, 11) is 0. The number of hydrogen-bond acceptors (Lipinski definition) is 7. The Morgan fingerprint density at radius 3 is 2.27 bits per heavy atom. The largest absolute Gasteiger partial charge is 0.321 e. The number of amides is 2. The minimum atomic E-state index is -0.789. The standard InChI is InChI=1S/C21H14BrN5O6/c22-15-8-5-13(6-9-15)20(28)24-18-4-2-1-3-17(18)21(29)25-23-12-14-7-10-16(26(30)31)11-19(14)27(32)33/h1-12H,(H,24,28)(H,25,29)/b23-12-. The van der Waals surface area contributed by atoms with Crippen LogP contribution in [0.25, 0.3) is 0 Å². The van der Waals surface area contributed by atoms with Crippen molar-refractivity contribution in [1.82, 2.24) is 5.43 Å². The van der Waals surface area contributed by atoms with E-state index in [9.17, 15) is 29.8 Å². The molecule has 3 aromatic carbocycles. The van der Waals surface area contributed by atoms with Gasteiger partial charge in [-0.2, -0.15) is 5.10 Å². The third-order valence-electron chi connectivity index (χ3n) is 4.32. The maximum atomic E-state index is 12.6. The molecule has 33 heavy (non-hydrogen) atoms. The topological polar surface area (TPSA) is 157 Å². The highest BCUT2D eigenvalue weighted by Crippen LogP contribution is 2.23. The van der Waals surface area contributed by atoms with E-state index in [4.69, 9.17) is 0 Å². The number of nitrogens with zero attached hydrogens (tertiary/aromatic N) is 3. The molecule has 0 aromatic heterocycles. The Balaban J connectivity index is 1.76. The van der Waals surface area contributed by atoms with Crippen LogP contribution in [0.5, 0.6) is 0 Å². The van der Waals surface area contributed by atoms with Gasteiger partial charge in [-0.05, 0) is 42.5 Å². The number of non-ortho nitro benzene ring substituents is 1. The molecular weight excluding hydrogens is 498 g/mol. The van der Waals surface area contributed by atoms with Crippen molar-refractivity contribution in [2.24, 2.45) is 5.10 Å². The molecule has 2 amide bonds. The van der Waals surface area contributed by atoms with Crippen LogP contribution in [0.3, 0.4) is 0 Å². The van der Waals surface area contributed by atoms with Gasteiger partial charge in [0.25, 0.3) is 23.2 Å². The fourth-order valence-electron chi connectivity index (χ4n) is 2.72. The van der Waals surface area contributed by atoms with Crippen molar-refractivity contribution in [3.05, 3.63) is 108 Å². The van der Waals surface area contributed by atoms with E-state index in [1.54, 1.807) is 36.4 Å². The van der Waals surface area contributed by atoms with Crippen molar-refractivity contribution >= 4 is 51.0 Å². The minimum Gasteiger partial charge on any atom is -0.321 e. The highest BCUT2D eigenvalue weighted by molar-refractivity contribution is 9.10. The maximum Gasteiger partial charge on any atom is 0.285 e. The fraction of sp³-hybridized carbons (Fsp3) is 0. The van der Waals surface area contributed by atoms with Crippen molar-refractivity contribution < 1.29 is 19.4 Å². The number of rotatable bonds is 7. The number of nitro groups is 2. The first-order chi connectivity index (χ1) is 15.8. The Morgan fingerprint density at radius 1 is 0.909 bits per heavy atom. The first-order valence-electron chi connectivity index (χ1n) is 9.18. The van der Waals surface area contributed by atoms with Crippen molar-refractivity contribution in [2.75, 3.05) is 5.32 Å². The molecule has 0 heterocycles. The zero-order valence-corrected chi connectivity index (χ0v) is 18.2. The molecule has 12 heteroatoms. The van der Waals surface area contributed by atoms with Crippen molar-refractivity contribution in [2.45, 2.75) is 0 Å². The summed E-state index contributed by atoms with van der Waals surface area (Å²) in [4.78, 5) is 45.5. The van der Waals surface area contributed by atoms with Gasteiger partial charge in [-0.3, -0.25) is 29.8 Å². The number of carbonyl (C=O) groups excluding carboxylic acids is 2. The average molecular weight is 512 g/mol. The van der Waals surface area contributed by atoms with Crippen LogP contribution < -0.4 is 10.7 Å². The van der Waals surface area contributed by atoms with Gasteiger partial charge < -0.3 is 5.32 Å². The van der Waals surface area contributed by atoms with E-state index in [1.807, 2.05) is 0 Å². The van der Waals surface area contributed by atoms with Gasteiger partial charge in [-0.1, -0.05) is 28.1 Å². The third kappa shape index (κ3) is 5.83. The predicted molar refractivity (Wildman–Crippen MR) is 123 cm³/mol. The second-order valence-electron chi connectivity index (χ2n) is 6.46. The zero-order chi connectivity index (χ0) is 24.0. The normalized spacial score (nSPS) is 10.6. The fourth-order valence-corrected chi connectivity index (χ4v) is 2.98. The van der Waals surface area contributed by atoms with Crippen molar-refractivity contribution in [1.29, 1.82) is 0 Å². The quantitative estimate of drug-likeness (QED) is 0.273. The number of halogens is 1. The number of benzene rings is 3. The second-order valence-corrected chi connectivity index (χ2v) is 7.38. The lowest BCUT2D eigenvalue weighted by Gasteiger charge is -2.10. The number of nitrogens with one attached hydrogen (secondary N) is 2. The molecule has 0 unspecified atom stereocenters. The molecule has 0 bridgehead atoms. The van der Waals surface area contributed by atoms with Crippen LogP contribution in [0.15, 0.2) is 76.3 Å². The predicted octanol–water partition coefficient (Wildman–Crippen LogP) is 4.28. The Hall–Kier alpha value is -4.45. The van der Waals surface area contributed by atoms with Gasteiger partial charge in [0.15, 0.2) is 0 Å². The van der Waals surface area contributed by atoms with E-state index >= 15 is 0 Å². The molecule has 3 rings (SSSR count). The van der Waals surface area contributed by atoms with Crippen LogP contribution in [0.1, 0.15) is 26.3 Å². The highest BCUT2D eigenvalue weighted by atomic mass is 79.9. The minimum absolute atomic E-state index is 0.0391. The number of para-hydroxylation sites is 1. The van der Waals surface area contributed by atoms with Crippen LogP contribution in [-0.4, -0.2) is 27.9 Å². The number of carbonyl (C=O) groups is 2. The Bertz CT molecular complexity index is 1280. The zero-order valence-electron chi connectivity index (χ0n) is 16.6. The molecule has 0 atom stereocenters. The van der Waals surface area contributed by atoms with Crippen LogP contribution in [0.4, 0.5) is 17.1 Å². The van der Waals surface area contributed by atoms with Gasteiger partial charge in [0, 0.05) is 16.1 Å². The molecule has 3 aromatic rings. The number of hydrazone groups is 1. The summed E-state index contributed by atoms with van der Waals surface area (Å²) in [6.45, 7) is 0. The monoisotopic (exact) mass is 511 g/mol. The van der Waals surface area contributed by atoms with Crippen LogP contribution in [0.2, 0.25) is 0 Å². The van der Waals surface area contributed by atoms with E-state index in [0.717, 1.165) is 28.9 Å². The molecule has 2 N–H and O–H groups in total. The van der Waals surface area contributed by atoms with Gasteiger partial charge in [0.2, 0.25) is 0 Å². The third-order valence-corrected chi connectivity index (χ3v) is 4.85. The first kappa shape index (κ1) is 23.2. The summed E-state index contributed by atoms with van der Waals surface area (Å²) in [6, 6.07) is 15.9. The van der Waals surface area contributed by atoms with Crippen molar-refractivity contribution in [3.63, 3.8) is 0 Å². The van der Waals surface area contributed by atoms with Gasteiger partial charge in [-0.25, -0.2) is 5.43 Å². The SMILES string of the molecule is O=C(Nc1ccccc1C(=O)N/N=C\c1ccc([N+](=O)[O-])cc1[N+](=O)[O-])c1ccc(Br)cc1. The van der Waals surface area contributed by atoms with Gasteiger partial charge in [0.1, 0.15) is 0 Å². The molecule has 11 nitrogen and oxygen atoms in total. The van der Waals surface area contributed by atoms with Gasteiger partial charge in [0.05, 0.1) is 38.9 Å². The molecule has 0 aliphatic rings. The molecule has 0 spiro atoms. The summed E-state index contributed by atoms with van der Waals surface area (Å²) < 4.78 is 0.810. The van der Waals surface area contributed by atoms with E-state index in [-0.39, 0.29) is 16.8 Å². The molecule has 0 saturated carbocycles. The second kappa shape index (κ2) is 10.2. The lowest BCUT2D eigenvalue weighted by Crippen LogP contribution is -2.21. The van der Waals surface area contributed by atoms with E-state index in [0.29, 0.717) is 5.56 Å². The molecule has 0 fully saturated rings. The van der Waals surface area contributed by atoms with E-state index in [1.165, 1.54) is 12.1 Å².